The highest BCUT2D eigenvalue weighted by molar-refractivity contribution is 5.70. The van der Waals surface area contributed by atoms with Crippen LogP contribution in [0.2, 0.25) is 0 Å². The van der Waals surface area contributed by atoms with Crippen LogP contribution in [0.4, 0.5) is 0 Å². The molecule has 4 heteroatoms. The number of nitrogens with zero attached hydrogens (tertiary/aromatic N) is 2. The van der Waals surface area contributed by atoms with Crippen LogP contribution >= 0.6 is 0 Å². The normalized spacial score (nSPS) is 12.5. The molecular formula is C11H18N2O2. The zero-order valence-corrected chi connectivity index (χ0v) is 9.56. The van der Waals surface area contributed by atoms with Gasteiger partial charge >= 0.3 is 5.97 Å². The van der Waals surface area contributed by atoms with Gasteiger partial charge in [-0.3, -0.25) is 9.48 Å². The van der Waals surface area contributed by atoms with Gasteiger partial charge in [0.15, 0.2) is 0 Å². The van der Waals surface area contributed by atoms with Crippen LogP contribution in [0.15, 0.2) is 12.3 Å². The summed E-state index contributed by atoms with van der Waals surface area (Å²) in [6.45, 7) is 7.14. The summed E-state index contributed by atoms with van der Waals surface area (Å²) in [6, 6.07) is 1.95. The molecular weight excluding hydrogens is 192 g/mol. The Kier molecular flexibility index (Phi) is 4.34. The molecule has 15 heavy (non-hydrogen) atoms. The summed E-state index contributed by atoms with van der Waals surface area (Å²) < 4.78 is 6.82. The summed E-state index contributed by atoms with van der Waals surface area (Å²) in [4.78, 5) is 11.3. The van der Waals surface area contributed by atoms with Crippen molar-refractivity contribution >= 4 is 5.97 Å². The number of esters is 1. The maximum Gasteiger partial charge on any atom is 0.306 e. The van der Waals surface area contributed by atoms with Gasteiger partial charge in [0.1, 0.15) is 0 Å². The Morgan fingerprint density at radius 1 is 1.60 bits per heavy atom. The van der Waals surface area contributed by atoms with Crippen molar-refractivity contribution in [1.29, 1.82) is 0 Å². The molecule has 0 aromatic carbocycles. The number of aromatic nitrogens is 2. The molecule has 0 saturated carbocycles. The first-order chi connectivity index (χ1) is 7.19. The van der Waals surface area contributed by atoms with E-state index in [1.165, 1.54) is 0 Å². The Labute approximate surface area is 90.2 Å². The van der Waals surface area contributed by atoms with Crippen LogP contribution in [0, 0.1) is 0 Å². The van der Waals surface area contributed by atoms with Crippen molar-refractivity contribution in [3.8, 4) is 0 Å². The van der Waals surface area contributed by atoms with Gasteiger partial charge in [0, 0.05) is 24.4 Å². The van der Waals surface area contributed by atoms with Crippen LogP contribution in [0.5, 0.6) is 0 Å². The largest absolute Gasteiger partial charge is 0.466 e. The van der Waals surface area contributed by atoms with Crippen LogP contribution in [0.25, 0.3) is 0 Å². The summed E-state index contributed by atoms with van der Waals surface area (Å²) in [5.74, 6) is 0.0142. The van der Waals surface area contributed by atoms with E-state index in [1.807, 2.05) is 31.5 Å². The van der Waals surface area contributed by atoms with Crippen LogP contribution in [0.1, 0.15) is 38.8 Å². The molecule has 0 spiro atoms. The van der Waals surface area contributed by atoms with Gasteiger partial charge in [-0.1, -0.05) is 6.92 Å². The van der Waals surface area contributed by atoms with Crippen LogP contribution in [-0.2, 0) is 16.1 Å². The Hall–Kier alpha value is -1.32. The van der Waals surface area contributed by atoms with Gasteiger partial charge in [0.05, 0.1) is 13.0 Å². The Morgan fingerprint density at radius 3 is 2.93 bits per heavy atom. The highest BCUT2D eigenvalue weighted by atomic mass is 16.5. The fraction of sp³-hybridized carbons (Fsp3) is 0.636. The number of hydrogen-bond acceptors (Lipinski definition) is 3. The molecule has 0 fully saturated rings. The molecule has 1 aromatic heterocycles. The van der Waals surface area contributed by atoms with Crippen molar-refractivity contribution in [2.75, 3.05) is 6.61 Å². The quantitative estimate of drug-likeness (QED) is 0.698. The summed E-state index contributed by atoms with van der Waals surface area (Å²) in [7, 11) is 0. The maximum absolute atomic E-state index is 11.3. The number of rotatable bonds is 5. The van der Waals surface area contributed by atoms with Crippen LogP contribution in [0.3, 0.4) is 0 Å². The van der Waals surface area contributed by atoms with E-state index in [9.17, 15) is 4.79 Å². The van der Waals surface area contributed by atoms with Crippen molar-refractivity contribution in [3.05, 3.63) is 18.0 Å². The van der Waals surface area contributed by atoms with Gasteiger partial charge in [-0.2, -0.15) is 5.10 Å². The van der Waals surface area contributed by atoms with E-state index in [0.717, 1.165) is 12.2 Å². The first-order valence-electron chi connectivity index (χ1n) is 5.36. The zero-order chi connectivity index (χ0) is 11.3. The lowest BCUT2D eigenvalue weighted by Gasteiger charge is -2.12. The number of ether oxygens (including phenoxy) is 1. The zero-order valence-electron chi connectivity index (χ0n) is 9.56. The minimum absolute atomic E-state index is 0.145. The number of carbonyl (C=O) groups is 1. The van der Waals surface area contributed by atoms with Crippen molar-refractivity contribution in [2.24, 2.45) is 0 Å². The number of carbonyl (C=O) groups excluding carboxylic acids is 1. The van der Waals surface area contributed by atoms with E-state index in [2.05, 4.69) is 5.10 Å². The van der Waals surface area contributed by atoms with Gasteiger partial charge in [-0.15, -0.1) is 0 Å². The van der Waals surface area contributed by atoms with Gasteiger partial charge in [0.2, 0.25) is 0 Å². The fourth-order valence-corrected chi connectivity index (χ4v) is 1.60. The minimum atomic E-state index is -0.145. The summed E-state index contributed by atoms with van der Waals surface area (Å²) in [5, 5.41) is 4.17. The molecule has 0 amide bonds. The molecule has 1 unspecified atom stereocenters. The summed E-state index contributed by atoms with van der Waals surface area (Å²) in [6.07, 6.45) is 2.18. The predicted molar refractivity (Wildman–Crippen MR) is 57.6 cm³/mol. The van der Waals surface area contributed by atoms with Gasteiger partial charge in [-0.25, -0.2) is 0 Å². The molecule has 0 aliphatic heterocycles. The number of hydrogen-bond donors (Lipinski definition) is 0. The molecule has 0 radical (unpaired) electrons. The Morgan fingerprint density at radius 2 is 2.33 bits per heavy atom. The van der Waals surface area contributed by atoms with Crippen molar-refractivity contribution in [2.45, 2.75) is 39.7 Å². The van der Waals surface area contributed by atoms with E-state index in [-0.39, 0.29) is 11.9 Å². The highest BCUT2D eigenvalue weighted by Crippen LogP contribution is 2.18. The lowest BCUT2D eigenvalue weighted by Crippen LogP contribution is -2.12. The van der Waals surface area contributed by atoms with E-state index in [0.29, 0.717) is 13.0 Å². The lowest BCUT2D eigenvalue weighted by atomic mass is 10.0. The highest BCUT2D eigenvalue weighted by Gasteiger charge is 2.15. The van der Waals surface area contributed by atoms with Crippen molar-refractivity contribution < 1.29 is 9.53 Å². The topological polar surface area (TPSA) is 44.1 Å². The van der Waals surface area contributed by atoms with Gasteiger partial charge in [-0.05, 0) is 19.9 Å². The molecule has 4 nitrogen and oxygen atoms in total. The smallest absolute Gasteiger partial charge is 0.306 e. The monoisotopic (exact) mass is 210 g/mol. The third kappa shape index (κ3) is 3.08. The standard InChI is InChI=1S/C11H18N2O2/c1-4-13-10(6-7-12-13)9(3)8-11(14)15-5-2/h6-7,9H,4-5,8H2,1-3H3. The minimum Gasteiger partial charge on any atom is -0.466 e. The molecule has 1 heterocycles. The molecule has 1 rings (SSSR count). The average molecular weight is 210 g/mol. The SMILES string of the molecule is CCOC(=O)CC(C)c1ccnn1CC. The molecule has 0 aliphatic rings. The second kappa shape index (κ2) is 5.53. The first-order valence-corrected chi connectivity index (χ1v) is 5.36. The van der Waals surface area contributed by atoms with Crippen molar-refractivity contribution in [1.82, 2.24) is 9.78 Å². The van der Waals surface area contributed by atoms with E-state index in [1.54, 1.807) is 6.20 Å². The molecule has 0 bridgehead atoms. The van der Waals surface area contributed by atoms with Crippen molar-refractivity contribution in [3.63, 3.8) is 0 Å². The lowest BCUT2D eigenvalue weighted by molar-refractivity contribution is -0.143. The van der Waals surface area contributed by atoms with E-state index in [4.69, 9.17) is 4.74 Å². The summed E-state index contributed by atoms with van der Waals surface area (Å²) >= 11 is 0. The predicted octanol–water partition coefficient (Wildman–Crippen LogP) is 1.96. The number of aryl methyl sites for hydroxylation is 1. The fourth-order valence-electron chi connectivity index (χ4n) is 1.60. The Bertz CT molecular complexity index is 320. The summed E-state index contributed by atoms with van der Waals surface area (Å²) in [5.41, 5.74) is 1.09. The van der Waals surface area contributed by atoms with E-state index < -0.39 is 0 Å². The average Bonchev–Trinajstić information content (AvgIpc) is 2.65. The maximum atomic E-state index is 11.3. The van der Waals surface area contributed by atoms with Crippen LogP contribution < -0.4 is 0 Å². The molecule has 0 aliphatic carbocycles. The second-order valence-electron chi connectivity index (χ2n) is 3.48. The first kappa shape index (κ1) is 11.8. The van der Waals surface area contributed by atoms with Gasteiger partial charge in [0.25, 0.3) is 0 Å². The third-order valence-corrected chi connectivity index (χ3v) is 2.33. The van der Waals surface area contributed by atoms with E-state index >= 15 is 0 Å². The van der Waals surface area contributed by atoms with Crippen LogP contribution in [-0.4, -0.2) is 22.4 Å². The second-order valence-corrected chi connectivity index (χ2v) is 3.48. The molecule has 1 aromatic rings. The molecule has 0 saturated heterocycles. The molecule has 0 N–H and O–H groups in total. The molecule has 84 valence electrons. The Balaban J connectivity index is 2.60. The van der Waals surface area contributed by atoms with Gasteiger partial charge < -0.3 is 4.74 Å². The molecule has 1 atom stereocenters. The third-order valence-electron chi connectivity index (χ3n) is 2.33.